The van der Waals surface area contributed by atoms with E-state index in [-0.39, 0.29) is 5.41 Å². The maximum atomic E-state index is 11.8. The number of hydrogen-bond acceptors (Lipinski definition) is 4. The molecule has 0 fully saturated rings. The highest BCUT2D eigenvalue weighted by Crippen LogP contribution is 2.24. The predicted molar refractivity (Wildman–Crippen MR) is 83.8 cm³/mol. The molecule has 0 spiro atoms. The summed E-state index contributed by atoms with van der Waals surface area (Å²) >= 11 is 5.46. The largest absolute Gasteiger partial charge is 0.359 e. The number of anilines is 3. The van der Waals surface area contributed by atoms with Gasteiger partial charge in [0, 0.05) is 34.6 Å². The van der Waals surface area contributed by atoms with Crippen LogP contribution in [0.5, 0.6) is 0 Å². The van der Waals surface area contributed by atoms with E-state index in [0.717, 1.165) is 5.69 Å². The second-order valence-corrected chi connectivity index (χ2v) is 5.77. The molecule has 1 aromatic heterocycles. The summed E-state index contributed by atoms with van der Waals surface area (Å²) in [6, 6.07) is 8.27. The lowest BCUT2D eigenvalue weighted by Crippen LogP contribution is -2.19. The predicted octanol–water partition coefficient (Wildman–Crippen LogP) is 4.18. The van der Waals surface area contributed by atoms with E-state index in [2.05, 4.69) is 20.6 Å². The van der Waals surface area contributed by atoms with Crippen LogP contribution < -0.4 is 15.5 Å². The number of amides is 2. The third-order valence-corrected chi connectivity index (χ3v) is 2.96. The number of rotatable bonds is 3. The van der Waals surface area contributed by atoms with E-state index in [4.69, 9.17) is 16.3 Å². The molecule has 0 radical (unpaired) electrons. The Balaban J connectivity index is 1.96. The first-order chi connectivity index (χ1) is 9.88. The van der Waals surface area contributed by atoms with Gasteiger partial charge in [0.15, 0.2) is 5.82 Å². The van der Waals surface area contributed by atoms with E-state index in [1.54, 1.807) is 30.3 Å². The van der Waals surface area contributed by atoms with Crippen LogP contribution in [-0.4, -0.2) is 11.2 Å². The molecule has 0 atom stereocenters. The van der Waals surface area contributed by atoms with Crippen LogP contribution in [0, 0.1) is 0 Å². The maximum Gasteiger partial charge on any atom is 0.324 e. The molecule has 0 aliphatic carbocycles. The number of nitrogens with one attached hydrogen (secondary N) is 3. The van der Waals surface area contributed by atoms with E-state index in [1.165, 1.54) is 0 Å². The van der Waals surface area contributed by atoms with Crippen LogP contribution in [0.3, 0.4) is 0 Å². The van der Waals surface area contributed by atoms with Crippen LogP contribution in [0.25, 0.3) is 0 Å². The molecule has 0 aliphatic rings. The highest BCUT2D eigenvalue weighted by molar-refractivity contribution is 6.23. The van der Waals surface area contributed by atoms with Crippen molar-refractivity contribution in [1.82, 2.24) is 5.16 Å². The van der Waals surface area contributed by atoms with Gasteiger partial charge in [0.1, 0.15) is 5.76 Å². The molecule has 112 valence electrons. The van der Waals surface area contributed by atoms with Crippen LogP contribution >= 0.6 is 11.8 Å². The first-order valence-electron chi connectivity index (χ1n) is 6.40. The van der Waals surface area contributed by atoms with Crippen molar-refractivity contribution in [2.75, 3.05) is 15.5 Å². The quantitative estimate of drug-likeness (QED) is 0.743. The monoisotopic (exact) mass is 308 g/mol. The van der Waals surface area contributed by atoms with Gasteiger partial charge >= 0.3 is 6.03 Å². The number of urea groups is 1. The second kappa shape index (κ2) is 6.05. The standard InChI is InChI=1S/C14H17ClN4O2/c1-14(2,3)11-8-12(19-21-11)17-13(20)16-9-4-6-10(18-15)7-5-9/h4-8,18H,1-3H3,(H2,16,17,19,20). The lowest BCUT2D eigenvalue weighted by molar-refractivity contribution is 0.262. The number of nitrogens with zero attached hydrogens (tertiary/aromatic N) is 1. The maximum absolute atomic E-state index is 11.8. The second-order valence-electron chi connectivity index (χ2n) is 5.58. The Hall–Kier alpha value is -2.21. The van der Waals surface area contributed by atoms with Crippen molar-refractivity contribution in [3.8, 4) is 0 Å². The van der Waals surface area contributed by atoms with Crippen molar-refractivity contribution in [3.05, 3.63) is 36.1 Å². The summed E-state index contributed by atoms with van der Waals surface area (Å²) < 4.78 is 5.20. The highest BCUT2D eigenvalue weighted by atomic mass is 35.5. The Morgan fingerprint density at radius 3 is 2.29 bits per heavy atom. The summed E-state index contributed by atoms with van der Waals surface area (Å²) in [7, 11) is 0. The van der Waals surface area contributed by atoms with E-state index in [9.17, 15) is 4.79 Å². The Morgan fingerprint density at radius 2 is 1.76 bits per heavy atom. The third kappa shape index (κ3) is 4.13. The van der Waals surface area contributed by atoms with Gasteiger partial charge in [-0.05, 0) is 24.3 Å². The lowest BCUT2D eigenvalue weighted by atomic mass is 9.93. The fourth-order valence-corrected chi connectivity index (χ4v) is 1.71. The van der Waals surface area contributed by atoms with Crippen molar-refractivity contribution in [2.24, 2.45) is 0 Å². The summed E-state index contributed by atoms with van der Waals surface area (Å²) in [5.41, 5.74) is 1.23. The Morgan fingerprint density at radius 1 is 1.14 bits per heavy atom. The average molecular weight is 309 g/mol. The molecule has 0 saturated carbocycles. The minimum absolute atomic E-state index is 0.159. The number of carbonyl (C=O) groups excluding carboxylic acids is 1. The Bertz CT molecular complexity index is 617. The van der Waals surface area contributed by atoms with Crippen molar-refractivity contribution in [3.63, 3.8) is 0 Å². The van der Waals surface area contributed by atoms with Crippen molar-refractivity contribution < 1.29 is 9.32 Å². The zero-order valence-corrected chi connectivity index (χ0v) is 12.8. The molecule has 1 heterocycles. The molecule has 0 aliphatic heterocycles. The molecular weight excluding hydrogens is 292 g/mol. The van der Waals surface area contributed by atoms with Crippen LogP contribution in [-0.2, 0) is 5.41 Å². The summed E-state index contributed by atoms with van der Waals surface area (Å²) in [4.78, 5) is 14.3. The minimum Gasteiger partial charge on any atom is -0.359 e. The summed E-state index contributed by atoms with van der Waals surface area (Å²) in [5.74, 6) is 1.08. The zero-order valence-electron chi connectivity index (χ0n) is 12.0. The van der Waals surface area contributed by atoms with Gasteiger partial charge in [-0.15, -0.1) is 0 Å². The van der Waals surface area contributed by atoms with Crippen LogP contribution in [0.4, 0.5) is 22.0 Å². The molecule has 0 unspecified atom stereocenters. The van der Waals surface area contributed by atoms with E-state index < -0.39 is 6.03 Å². The smallest absolute Gasteiger partial charge is 0.324 e. The van der Waals surface area contributed by atoms with Gasteiger partial charge < -0.3 is 9.84 Å². The van der Waals surface area contributed by atoms with Crippen molar-refractivity contribution >= 4 is 35.0 Å². The fourth-order valence-electron chi connectivity index (χ4n) is 1.58. The number of benzene rings is 1. The molecule has 0 bridgehead atoms. The molecule has 2 aromatic rings. The van der Waals surface area contributed by atoms with E-state index in [1.807, 2.05) is 20.8 Å². The molecule has 0 saturated heterocycles. The number of carbonyl (C=O) groups is 1. The molecule has 6 nitrogen and oxygen atoms in total. The van der Waals surface area contributed by atoms with Gasteiger partial charge in [-0.25, -0.2) is 4.79 Å². The summed E-state index contributed by atoms with van der Waals surface area (Å²) in [5, 5.41) is 9.12. The van der Waals surface area contributed by atoms with Gasteiger partial charge in [0.2, 0.25) is 0 Å². The van der Waals surface area contributed by atoms with Gasteiger partial charge in [-0.1, -0.05) is 25.9 Å². The van der Waals surface area contributed by atoms with Crippen molar-refractivity contribution in [2.45, 2.75) is 26.2 Å². The van der Waals surface area contributed by atoms with Gasteiger partial charge in [-0.2, -0.15) is 0 Å². The minimum atomic E-state index is -0.393. The van der Waals surface area contributed by atoms with Gasteiger partial charge in [0.25, 0.3) is 0 Å². The van der Waals surface area contributed by atoms with Crippen LogP contribution in [0.1, 0.15) is 26.5 Å². The third-order valence-electron chi connectivity index (χ3n) is 2.74. The molecular formula is C14H17ClN4O2. The molecule has 3 N–H and O–H groups in total. The zero-order chi connectivity index (χ0) is 15.5. The lowest BCUT2D eigenvalue weighted by Gasteiger charge is -2.12. The highest BCUT2D eigenvalue weighted by Gasteiger charge is 2.20. The van der Waals surface area contributed by atoms with E-state index >= 15 is 0 Å². The van der Waals surface area contributed by atoms with Crippen molar-refractivity contribution in [1.29, 1.82) is 0 Å². The summed E-state index contributed by atoms with van der Waals surface area (Å²) in [6.07, 6.45) is 0. The number of aromatic nitrogens is 1. The van der Waals surface area contributed by atoms with Crippen LogP contribution in [0.2, 0.25) is 0 Å². The molecule has 1 aromatic carbocycles. The average Bonchev–Trinajstić information content (AvgIpc) is 2.88. The van der Waals surface area contributed by atoms with Gasteiger partial charge in [0.05, 0.1) is 0 Å². The summed E-state index contributed by atoms with van der Waals surface area (Å²) in [6.45, 7) is 6.01. The SMILES string of the molecule is CC(C)(C)c1cc(NC(=O)Nc2ccc(NCl)cc2)no1. The van der Waals surface area contributed by atoms with E-state index in [0.29, 0.717) is 17.3 Å². The molecule has 2 amide bonds. The molecule has 2 rings (SSSR count). The molecule has 21 heavy (non-hydrogen) atoms. The number of halogens is 1. The first-order valence-corrected chi connectivity index (χ1v) is 6.78. The normalized spacial score (nSPS) is 11.0. The Kier molecular flexibility index (Phi) is 4.37. The topological polar surface area (TPSA) is 79.2 Å². The first kappa shape index (κ1) is 15.2. The van der Waals surface area contributed by atoms with Gasteiger partial charge in [-0.3, -0.25) is 10.2 Å². The molecule has 7 heteroatoms. The van der Waals surface area contributed by atoms with Crippen LogP contribution in [0.15, 0.2) is 34.9 Å². The number of hydrogen-bond donors (Lipinski definition) is 3. The Labute approximate surface area is 128 Å². The fraction of sp³-hybridized carbons (Fsp3) is 0.286.